The topological polar surface area (TPSA) is 66.5 Å². The number of carbonyl (C=O) groups is 1. The van der Waals surface area contributed by atoms with Crippen molar-refractivity contribution in [3.8, 4) is 0 Å². The molecule has 2 aromatic carbocycles. The molecular weight excluding hydrogens is 452 g/mol. The predicted octanol–water partition coefficient (Wildman–Crippen LogP) is 4.16. The third-order valence-electron chi connectivity index (χ3n) is 4.90. The molecule has 0 aromatic heterocycles. The van der Waals surface area contributed by atoms with Crippen molar-refractivity contribution in [2.24, 2.45) is 0 Å². The second-order valence-corrected chi connectivity index (χ2v) is 10.3. The quantitative estimate of drug-likeness (QED) is 0.712. The fourth-order valence-electron chi connectivity index (χ4n) is 3.14. The van der Waals surface area contributed by atoms with E-state index in [-0.39, 0.29) is 21.4 Å². The molecule has 0 heterocycles. The summed E-state index contributed by atoms with van der Waals surface area (Å²) < 4.78 is 26.8. The van der Waals surface area contributed by atoms with Crippen molar-refractivity contribution in [2.75, 3.05) is 14.1 Å². The van der Waals surface area contributed by atoms with E-state index in [4.69, 9.17) is 11.6 Å². The summed E-state index contributed by atoms with van der Waals surface area (Å²) in [4.78, 5) is 13.0. The first-order valence-corrected chi connectivity index (χ1v) is 11.1. The Hall–Kier alpha value is -1.41. The lowest BCUT2D eigenvalue weighted by atomic mass is 9.71. The summed E-state index contributed by atoms with van der Waals surface area (Å²) in [6, 6.07) is 12.0. The molecule has 144 valence electrons. The zero-order valence-corrected chi connectivity index (χ0v) is 18.2. The van der Waals surface area contributed by atoms with Gasteiger partial charge in [0.2, 0.25) is 10.0 Å². The van der Waals surface area contributed by atoms with Gasteiger partial charge in [-0.1, -0.05) is 39.7 Å². The van der Waals surface area contributed by atoms with E-state index in [1.807, 2.05) is 24.3 Å². The van der Waals surface area contributed by atoms with Gasteiger partial charge >= 0.3 is 0 Å². The Morgan fingerprint density at radius 3 is 2.44 bits per heavy atom. The van der Waals surface area contributed by atoms with Gasteiger partial charge in [0.05, 0.1) is 21.0 Å². The van der Waals surface area contributed by atoms with Crippen molar-refractivity contribution in [3.63, 3.8) is 0 Å². The number of hydrogen-bond acceptors (Lipinski definition) is 3. The standard InChI is InChI=1S/C19H20BrClN2O3S/c1-23(2)27(25,26)15-7-8-17(21)16(12-15)18(24)22-19(9-4-10-19)13-5-3-6-14(20)11-13/h3,5-8,11-12H,4,9-10H2,1-2H3,(H,22,24). The van der Waals surface area contributed by atoms with Crippen LogP contribution in [0.4, 0.5) is 0 Å². The highest BCUT2D eigenvalue weighted by Crippen LogP contribution is 2.42. The number of sulfonamides is 1. The number of halogens is 2. The zero-order chi connectivity index (χ0) is 19.8. The van der Waals surface area contributed by atoms with Crippen LogP contribution < -0.4 is 5.32 Å². The third kappa shape index (κ3) is 3.92. The third-order valence-corrected chi connectivity index (χ3v) is 7.53. The fourth-order valence-corrected chi connectivity index (χ4v) is 4.67. The Morgan fingerprint density at radius 1 is 1.19 bits per heavy atom. The van der Waals surface area contributed by atoms with Gasteiger partial charge in [-0.05, 0) is 55.2 Å². The van der Waals surface area contributed by atoms with Gasteiger partial charge in [0.1, 0.15) is 0 Å². The first-order chi connectivity index (χ1) is 12.7. The molecule has 1 aliphatic rings. The van der Waals surface area contributed by atoms with Crippen LogP contribution in [-0.2, 0) is 15.6 Å². The van der Waals surface area contributed by atoms with Crippen LogP contribution in [0.1, 0.15) is 35.2 Å². The van der Waals surface area contributed by atoms with Gasteiger partial charge in [-0.15, -0.1) is 0 Å². The van der Waals surface area contributed by atoms with Crippen LogP contribution in [0.5, 0.6) is 0 Å². The van der Waals surface area contributed by atoms with Crippen LogP contribution in [-0.4, -0.2) is 32.7 Å². The summed E-state index contributed by atoms with van der Waals surface area (Å²) >= 11 is 9.68. The summed E-state index contributed by atoms with van der Waals surface area (Å²) in [7, 11) is -0.765. The van der Waals surface area contributed by atoms with Crippen LogP contribution >= 0.6 is 27.5 Å². The molecule has 1 N–H and O–H groups in total. The zero-order valence-electron chi connectivity index (χ0n) is 15.0. The van der Waals surface area contributed by atoms with Crippen molar-refractivity contribution in [1.29, 1.82) is 0 Å². The maximum atomic E-state index is 13.0. The summed E-state index contributed by atoms with van der Waals surface area (Å²) in [5, 5.41) is 3.30. The normalized spacial score (nSPS) is 16.0. The summed E-state index contributed by atoms with van der Waals surface area (Å²) in [5.74, 6) is -0.379. The van der Waals surface area contributed by atoms with Crippen molar-refractivity contribution in [2.45, 2.75) is 29.7 Å². The second kappa shape index (κ2) is 7.54. The summed E-state index contributed by atoms with van der Waals surface area (Å²) in [5.41, 5.74) is 0.714. The molecule has 0 atom stereocenters. The van der Waals surface area contributed by atoms with E-state index < -0.39 is 15.6 Å². The van der Waals surface area contributed by atoms with Crippen molar-refractivity contribution in [3.05, 3.63) is 63.1 Å². The average Bonchev–Trinajstić information content (AvgIpc) is 2.58. The number of benzene rings is 2. The Morgan fingerprint density at radius 2 is 1.89 bits per heavy atom. The highest BCUT2D eigenvalue weighted by atomic mass is 79.9. The van der Waals surface area contributed by atoms with Crippen LogP contribution in [0.3, 0.4) is 0 Å². The van der Waals surface area contributed by atoms with E-state index in [0.29, 0.717) is 0 Å². The van der Waals surface area contributed by atoms with Gasteiger partial charge < -0.3 is 5.32 Å². The molecular formula is C19H20BrClN2O3S. The highest BCUT2D eigenvalue weighted by Gasteiger charge is 2.40. The fraction of sp³-hybridized carbons (Fsp3) is 0.316. The minimum atomic E-state index is -3.65. The molecule has 0 unspecified atom stereocenters. The monoisotopic (exact) mass is 470 g/mol. The van der Waals surface area contributed by atoms with E-state index in [2.05, 4.69) is 21.2 Å². The van der Waals surface area contributed by atoms with E-state index in [1.165, 1.54) is 32.3 Å². The van der Waals surface area contributed by atoms with Crippen molar-refractivity contribution >= 4 is 43.5 Å². The minimum Gasteiger partial charge on any atom is -0.342 e. The maximum Gasteiger partial charge on any atom is 0.253 e. The molecule has 1 fully saturated rings. The molecule has 0 spiro atoms. The number of nitrogens with one attached hydrogen (secondary N) is 1. The lowest BCUT2D eigenvalue weighted by Crippen LogP contribution is -2.50. The molecule has 27 heavy (non-hydrogen) atoms. The predicted molar refractivity (Wildman–Crippen MR) is 109 cm³/mol. The largest absolute Gasteiger partial charge is 0.342 e. The Kier molecular flexibility index (Phi) is 5.68. The molecule has 1 aliphatic carbocycles. The van der Waals surface area contributed by atoms with Crippen LogP contribution in [0.25, 0.3) is 0 Å². The number of rotatable bonds is 5. The molecule has 3 rings (SSSR count). The molecule has 0 radical (unpaired) electrons. The second-order valence-electron chi connectivity index (χ2n) is 6.83. The van der Waals surface area contributed by atoms with E-state index in [1.54, 1.807) is 0 Å². The lowest BCUT2D eigenvalue weighted by molar-refractivity contribution is 0.0823. The number of hydrogen-bond donors (Lipinski definition) is 1. The van der Waals surface area contributed by atoms with Crippen LogP contribution in [0.15, 0.2) is 51.8 Å². The summed E-state index contributed by atoms with van der Waals surface area (Å²) in [6.45, 7) is 0. The molecule has 1 saturated carbocycles. The van der Waals surface area contributed by atoms with Gasteiger partial charge in [-0.25, -0.2) is 12.7 Å². The summed E-state index contributed by atoms with van der Waals surface area (Å²) in [6.07, 6.45) is 2.65. The molecule has 5 nitrogen and oxygen atoms in total. The number of nitrogens with zero attached hydrogens (tertiary/aromatic N) is 1. The molecule has 1 amide bonds. The van der Waals surface area contributed by atoms with Gasteiger partial charge in [0.25, 0.3) is 5.91 Å². The number of carbonyl (C=O) groups excluding carboxylic acids is 1. The molecule has 0 saturated heterocycles. The molecule has 0 aliphatic heterocycles. The van der Waals surface area contributed by atoms with Crippen LogP contribution in [0.2, 0.25) is 5.02 Å². The highest BCUT2D eigenvalue weighted by molar-refractivity contribution is 9.10. The lowest BCUT2D eigenvalue weighted by Gasteiger charge is -2.43. The number of amides is 1. The Balaban J connectivity index is 1.94. The van der Waals surface area contributed by atoms with Gasteiger partial charge in [0.15, 0.2) is 0 Å². The van der Waals surface area contributed by atoms with Crippen molar-refractivity contribution < 1.29 is 13.2 Å². The first-order valence-electron chi connectivity index (χ1n) is 8.46. The van der Waals surface area contributed by atoms with E-state index in [0.717, 1.165) is 33.6 Å². The van der Waals surface area contributed by atoms with Gasteiger partial charge in [-0.2, -0.15) is 0 Å². The molecule has 8 heteroatoms. The smallest absolute Gasteiger partial charge is 0.253 e. The molecule has 0 bridgehead atoms. The van der Waals surface area contributed by atoms with E-state index in [9.17, 15) is 13.2 Å². The van der Waals surface area contributed by atoms with E-state index >= 15 is 0 Å². The van der Waals surface area contributed by atoms with Gasteiger partial charge in [0, 0.05) is 18.6 Å². The van der Waals surface area contributed by atoms with Crippen LogP contribution in [0, 0.1) is 0 Å². The van der Waals surface area contributed by atoms with Crippen molar-refractivity contribution in [1.82, 2.24) is 9.62 Å². The van der Waals surface area contributed by atoms with Gasteiger partial charge in [-0.3, -0.25) is 4.79 Å². The molecule has 2 aromatic rings. The minimum absolute atomic E-state index is 0.0344. The maximum absolute atomic E-state index is 13.0. The first kappa shape index (κ1) is 20.3. The average molecular weight is 472 g/mol. The SMILES string of the molecule is CN(C)S(=O)(=O)c1ccc(Cl)c(C(=O)NC2(c3cccc(Br)c3)CCC2)c1. The Bertz CT molecular complexity index is 988. The Labute approximate surface area is 172 Å².